The van der Waals surface area contributed by atoms with Crippen LogP contribution in [0.15, 0.2) is 11.9 Å². The third-order valence-electron chi connectivity index (χ3n) is 2.90. The van der Waals surface area contributed by atoms with E-state index < -0.39 is 0 Å². The predicted molar refractivity (Wildman–Crippen MR) is 62.5 cm³/mol. The van der Waals surface area contributed by atoms with Gasteiger partial charge in [-0.3, -0.25) is 0 Å². The van der Waals surface area contributed by atoms with Crippen molar-refractivity contribution in [3.63, 3.8) is 0 Å². The van der Waals surface area contributed by atoms with Crippen molar-refractivity contribution in [3.05, 3.63) is 23.2 Å². The predicted octanol–water partition coefficient (Wildman–Crippen LogP) is 1.27. The Kier molecular flexibility index (Phi) is 1.95. The lowest BCUT2D eigenvalue weighted by atomic mass is 10.2. The van der Waals surface area contributed by atoms with E-state index in [1.165, 1.54) is 17.1 Å². The van der Waals surface area contributed by atoms with Crippen LogP contribution in [0.4, 0.5) is 5.82 Å². The average molecular weight is 222 g/mol. The fraction of sp³-hybridized carbons (Fsp3) is 0.500. The summed E-state index contributed by atoms with van der Waals surface area (Å²) in [6.07, 6.45) is 2.91. The minimum Gasteiger partial charge on any atom is -0.401 e. The fourth-order valence-corrected chi connectivity index (χ4v) is 3.24. The molecule has 4 nitrogen and oxygen atoms in total. The van der Waals surface area contributed by atoms with Gasteiger partial charge in [-0.25, -0.2) is 4.68 Å². The lowest BCUT2D eigenvalue weighted by molar-refractivity contribution is 0.614. The first-order valence-corrected chi connectivity index (χ1v) is 6.26. The quantitative estimate of drug-likeness (QED) is 0.718. The Balaban J connectivity index is 2.12. The second-order valence-corrected chi connectivity index (χ2v) is 5.02. The smallest absolute Gasteiger partial charge is 0.135 e. The van der Waals surface area contributed by atoms with Gasteiger partial charge in [-0.1, -0.05) is 0 Å². The van der Waals surface area contributed by atoms with Crippen molar-refractivity contribution in [1.29, 1.82) is 0 Å². The van der Waals surface area contributed by atoms with Gasteiger partial charge in [0.15, 0.2) is 0 Å². The summed E-state index contributed by atoms with van der Waals surface area (Å²) in [7, 11) is 2.05. The van der Waals surface area contributed by atoms with E-state index in [0.717, 1.165) is 30.2 Å². The van der Waals surface area contributed by atoms with Gasteiger partial charge in [-0.2, -0.15) is 16.9 Å². The van der Waals surface area contributed by atoms with Crippen LogP contribution < -0.4 is 10.6 Å². The minimum atomic E-state index is 0.894. The lowest BCUT2D eigenvalue weighted by Gasteiger charge is -2.15. The molecule has 3 heterocycles. The molecule has 0 aromatic carbocycles. The highest BCUT2D eigenvalue weighted by Gasteiger charge is 2.25. The average Bonchev–Trinajstić information content (AvgIpc) is 2.69. The van der Waals surface area contributed by atoms with E-state index in [0.29, 0.717) is 0 Å². The van der Waals surface area contributed by atoms with Crippen LogP contribution in [-0.4, -0.2) is 16.8 Å². The van der Waals surface area contributed by atoms with Gasteiger partial charge in [0.05, 0.1) is 5.69 Å². The van der Waals surface area contributed by atoms with Gasteiger partial charge < -0.3 is 10.6 Å². The number of aryl methyl sites for hydroxylation is 1. The third kappa shape index (κ3) is 1.33. The maximum absolute atomic E-state index is 5.88. The lowest BCUT2D eigenvalue weighted by Crippen LogP contribution is -2.14. The van der Waals surface area contributed by atoms with Crippen molar-refractivity contribution in [2.24, 2.45) is 5.73 Å². The highest BCUT2D eigenvalue weighted by molar-refractivity contribution is 7.98. The van der Waals surface area contributed by atoms with Gasteiger partial charge >= 0.3 is 0 Å². The molecule has 0 bridgehead atoms. The number of allylic oxidation sites excluding steroid dienone is 1. The molecule has 80 valence electrons. The Morgan fingerprint density at radius 1 is 1.47 bits per heavy atom. The SMILES string of the molecule is CN1C=C(N)CCn2nc3c(c21)CSC3. The Morgan fingerprint density at radius 3 is 3.20 bits per heavy atom. The number of nitrogens with zero attached hydrogens (tertiary/aromatic N) is 3. The largest absolute Gasteiger partial charge is 0.401 e. The molecule has 1 aromatic heterocycles. The van der Waals surface area contributed by atoms with Crippen LogP contribution in [0.2, 0.25) is 0 Å². The zero-order chi connectivity index (χ0) is 10.4. The molecule has 2 aliphatic rings. The molecule has 15 heavy (non-hydrogen) atoms. The number of fused-ring (bicyclic) bond motifs is 3. The summed E-state index contributed by atoms with van der Waals surface area (Å²) in [4.78, 5) is 2.11. The second kappa shape index (κ2) is 3.20. The molecular formula is C10H14N4S. The van der Waals surface area contributed by atoms with E-state index in [1.807, 2.05) is 18.0 Å². The fourth-order valence-electron chi connectivity index (χ4n) is 2.21. The van der Waals surface area contributed by atoms with Crippen LogP contribution in [0.25, 0.3) is 0 Å². The Labute approximate surface area is 93.1 Å². The van der Waals surface area contributed by atoms with E-state index in [9.17, 15) is 0 Å². The first kappa shape index (κ1) is 9.15. The second-order valence-electron chi connectivity index (χ2n) is 4.03. The van der Waals surface area contributed by atoms with Crippen molar-refractivity contribution in [2.45, 2.75) is 24.5 Å². The van der Waals surface area contributed by atoms with Gasteiger partial charge in [0.25, 0.3) is 0 Å². The molecule has 0 radical (unpaired) electrons. The summed E-state index contributed by atoms with van der Waals surface area (Å²) in [5.74, 6) is 3.38. The molecule has 0 saturated carbocycles. The van der Waals surface area contributed by atoms with E-state index >= 15 is 0 Å². The van der Waals surface area contributed by atoms with Crippen LogP contribution in [0.3, 0.4) is 0 Å². The van der Waals surface area contributed by atoms with E-state index in [2.05, 4.69) is 21.7 Å². The molecule has 0 saturated heterocycles. The van der Waals surface area contributed by atoms with Crippen LogP contribution in [-0.2, 0) is 18.1 Å². The molecule has 2 N–H and O–H groups in total. The number of anilines is 1. The van der Waals surface area contributed by atoms with E-state index in [1.54, 1.807) is 0 Å². The molecule has 1 aromatic rings. The van der Waals surface area contributed by atoms with Gasteiger partial charge in [-0.05, 0) is 0 Å². The van der Waals surface area contributed by atoms with Gasteiger partial charge in [0.2, 0.25) is 0 Å². The molecule has 2 aliphatic heterocycles. The molecule has 0 fully saturated rings. The zero-order valence-electron chi connectivity index (χ0n) is 8.73. The van der Waals surface area contributed by atoms with Crippen molar-refractivity contribution >= 4 is 17.6 Å². The summed E-state index contributed by atoms with van der Waals surface area (Å²) >= 11 is 1.94. The zero-order valence-corrected chi connectivity index (χ0v) is 9.55. The summed E-state index contributed by atoms with van der Waals surface area (Å²) in [6.45, 7) is 0.902. The summed E-state index contributed by atoms with van der Waals surface area (Å²) in [5.41, 5.74) is 9.47. The Hall–Kier alpha value is -1.10. The maximum Gasteiger partial charge on any atom is 0.135 e. The molecule has 5 heteroatoms. The topological polar surface area (TPSA) is 47.1 Å². The summed E-state index contributed by atoms with van der Waals surface area (Å²) in [6, 6.07) is 0. The number of rotatable bonds is 0. The monoisotopic (exact) mass is 222 g/mol. The number of nitrogens with two attached hydrogens (primary N) is 1. The summed E-state index contributed by atoms with van der Waals surface area (Å²) < 4.78 is 2.10. The number of hydrogen-bond acceptors (Lipinski definition) is 4. The van der Waals surface area contributed by atoms with Crippen molar-refractivity contribution in [2.75, 3.05) is 11.9 Å². The normalized spacial score (nSPS) is 19.5. The van der Waals surface area contributed by atoms with Crippen LogP contribution in [0, 0.1) is 0 Å². The molecule has 0 unspecified atom stereocenters. The Morgan fingerprint density at radius 2 is 2.33 bits per heavy atom. The van der Waals surface area contributed by atoms with Crippen LogP contribution in [0.1, 0.15) is 17.7 Å². The Bertz CT molecular complexity index is 435. The number of hydrogen-bond donors (Lipinski definition) is 1. The van der Waals surface area contributed by atoms with Crippen molar-refractivity contribution in [1.82, 2.24) is 9.78 Å². The van der Waals surface area contributed by atoms with Crippen molar-refractivity contribution < 1.29 is 0 Å². The first-order chi connectivity index (χ1) is 7.25. The first-order valence-electron chi connectivity index (χ1n) is 5.11. The molecule has 0 spiro atoms. The maximum atomic E-state index is 5.88. The molecule has 0 amide bonds. The van der Waals surface area contributed by atoms with Gasteiger partial charge in [0.1, 0.15) is 5.82 Å². The van der Waals surface area contributed by atoms with Gasteiger partial charge in [0, 0.05) is 49.0 Å². The van der Waals surface area contributed by atoms with E-state index in [-0.39, 0.29) is 0 Å². The molecular weight excluding hydrogens is 208 g/mol. The van der Waals surface area contributed by atoms with Crippen LogP contribution in [0.5, 0.6) is 0 Å². The minimum absolute atomic E-state index is 0.894. The summed E-state index contributed by atoms with van der Waals surface area (Å²) in [5, 5.41) is 4.64. The number of thioether (sulfide) groups is 1. The van der Waals surface area contributed by atoms with Crippen LogP contribution >= 0.6 is 11.8 Å². The highest BCUT2D eigenvalue weighted by atomic mass is 32.2. The highest BCUT2D eigenvalue weighted by Crippen LogP contribution is 2.37. The van der Waals surface area contributed by atoms with Gasteiger partial charge in [-0.15, -0.1) is 0 Å². The van der Waals surface area contributed by atoms with E-state index in [4.69, 9.17) is 5.73 Å². The molecule has 0 atom stereocenters. The third-order valence-corrected chi connectivity index (χ3v) is 3.87. The molecule has 0 aliphatic carbocycles. The number of aromatic nitrogens is 2. The standard InChI is InChI=1S/C10H14N4S/c1-13-4-7(11)2-3-14-10(13)8-5-15-6-9(8)12-14/h4H,2-3,5-6,11H2,1H3. The molecule has 3 rings (SSSR count). The van der Waals surface area contributed by atoms with Crippen molar-refractivity contribution in [3.8, 4) is 0 Å².